The van der Waals surface area contributed by atoms with Crippen LogP contribution in [0, 0.1) is 11.6 Å². The Morgan fingerprint density at radius 1 is 0.967 bits per heavy atom. The topological polar surface area (TPSA) is 70.0 Å². The average Bonchev–Trinajstić information content (AvgIpc) is 3.39. The van der Waals surface area contributed by atoms with Crippen molar-refractivity contribution >= 4 is 5.52 Å². The summed E-state index contributed by atoms with van der Waals surface area (Å²) in [5, 5.41) is 12.4. The Morgan fingerprint density at radius 2 is 1.77 bits per heavy atom. The summed E-state index contributed by atoms with van der Waals surface area (Å²) in [6, 6.07) is 13.8. The van der Waals surface area contributed by atoms with Crippen LogP contribution in [0.15, 0.2) is 78.0 Å². The second-order valence-corrected chi connectivity index (χ2v) is 6.70. The summed E-state index contributed by atoms with van der Waals surface area (Å²) >= 11 is 0. The minimum atomic E-state index is -0.417. The van der Waals surface area contributed by atoms with Crippen LogP contribution >= 0.6 is 0 Å². The molecule has 0 fully saturated rings. The Labute approximate surface area is 168 Å². The molecule has 0 N–H and O–H groups in total. The molecule has 7 nitrogen and oxygen atoms in total. The van der Waals surface area contributed by atoms with Crippen LogP contribution < -0.4 is 5.56 Å². The highest BCUT2D eigenvalue weighted by Gasteiger charge is 2.12. The van der Waals surface area contributed by atoms with Gasteiger partial charge < -0.3 is 4.57 Å². The normalized spacial score (nSPS) is 11.3. The molecule has 0 aliphatic rings. The minimum absolute atomic E-state index is 0.168. The van der Waals surface area contributed by atoms with Gasteiger partial charge >= 0.3 is 0 Å². The summed E-state index contributed by atoms with van der Waals surface area (Å²) < 4.78 is 31.4. The Morgan fingerprint density at radius 3 is 2.57 bits per heavy atom. The van der Waals surface area contributed by atoms with Crippen molar-refractivity contribution in [3.05, 3.63) is 101 Å². The van der Waals surface area contributed by atoms with E-state index in [9.17, 15) is 13.6 Å². The van der Waals surface area contributed by atoms with Gasteiger partial charge in [0, 0.05) is 18.0 Å². The molecule has 0 aliphatic heterocycles. The number of nitrogens with zero attached hydrogens (tertiary/aromatic N) is 6. The number of para-hydroxylation sites is 1. The second-order valence-electron chi connectivity index (χ2n) is 6.70. The molecular formula is C21H14F2N6O. The third kappa shape index (κ3) is 3.16. The lowest BCUT2D eigenvalue weighted by molar-refractivity contribution is 0.607. The Hall–Kier alpha value is -4.14. The molecule has 0 radical (unpaired) electrons. The van der Waals surface area contributed by atoms with E-state index < -0.39 is 5.82 Å². The molecule has 0 amide bonds. The highest BCUT2D eigenvalue weighted by atomic mass is 19.1. The van der Waals surface area contributed by atoms with Gasteiger partial charge in [-0.1, -0.05) is 17.3 Å². The molecule has 30 heavy (non-hydrogen) atoms. The van der Waals surface area contributed by atoms with E-state index in [4.69, 9.17) is 0 Å². The van der Waals surface area contributed by atoms with Crippen molar-refractivity contribution in [2.45, 2.75) is 6.54 Å². The summed E-state index contributed by atoms with van der Waals surface area (Å²) in [5.74, 6) is -0.756. The van der Waals surface area contributed by atoms with E-state index in [-0.39, 0.29) is 23.6 Å². The highest BCUT2D eigenvalue weighted by Crippen LogP contribution is 2.19. The van der Waals surface area contributed by atoms with Crippen LogP contribution in [0.5, 0.6) is 0 Å². The van der Waals surface area contributed by atoms with Crippen LogP contribution in [0.2, 0.25) is 0 Å². The van der Waals surface area contributed by atoms with Crippen molar-refractivity contribution < 1.29 is 8.78 Å². The number of benzene rings is 2. The van der Waals surface area contributed by atoms with Crippen molar-refractivity contribution in [2.75, 3.05) is 0 Å². The van der Waals surface area contributed by atoms with Gasteiger partial charge in [-0.2, -0.15) is 5.10 Å². The van der Waals surface area contributed by atoms with Crippen LogP contribution in [0.4, 0.5) is 8.78 Å². The fourth-order valence-electron chi connectivity index (χ4n) is 3.21. The zero-order valence-electron chi connectivity index (χ0n) is 15.5. The molecule has 0 bridgehead atoms. The van der Waals surface area contributed by atoms with Crippen molar-refractivity contribution in [3.8, 4) is 16.9 Å². The van der Waals surface area contributed by atoms with E-state index >= 15 is 0 Å². The third-order valence-corrected chi connectivity index (χ3v) is 4.72. The van der Waals surface area contributed by atoms with Crippen molar-refractivity contribution in [1.82, 2.24) is 29.2 Å². The van der Waals surface area contributed by atoms with E-state index in [1.807, 2.05) is 0 Å². The molecule has 3 aromatic heterocycles. The number of fused-ring (bicyclic) bond motifs is 1. The third-order valence-electron chi connectivity index (χ3n) is 4.72. The van der Waals surface area contributed by atoms with E-state index in [0.29, 0.717) is 22.5 Å². The summed E-state index contributed by atoms with van der Waals surface area (Å²) in [6.45, 7) is 0.168. The predicted molar refractivity (Wildman–Crippen MR) is 105 cm³/mol. The lowest BCUT2D eigenvalue weighted by atomic mass is 10.1. The first-order valence-electron chi connectivity index (χ1n) is 9.09. The fourth-order valence-corrected chi connectivity index (χ4v) is 3.21. The van der Waals surface area contributed by atoms with Crippen LogP contribution in [-0.4, -0.2) is 29.2 Å². The molecular weight excluding hydrogens is 390 g/mol. The number of hydrogen-bond donors (Lipinski definition) is 0. The first-order valence-corrected chi connectivity index (χ1v) is 9.09. The highest BCUT2D eigenvalue weighted by molar-refractivity contribution is 5.65. The van der Waals surface area contributed by atoms with Gasteiger partial charge in [0.15, 0.2) is 0 Å². The molecule has 0 saturated carbocycles. The van der Waals surface area contributed by atoms with E-state index in [1.165, 1.54) is 32.0 Å². The van der Waals surface area contributed by atoms with E-state index in [1.54, 1.807) is 55.0 Å². The van der Waals surface area contributed by atoms with E-state index in [0.717, 1.165) is 0 Å². The molecule has 0 unspecified atom stereocenters. The lowest BCUT2D eigenvalue weighted by Gasteiger charge is -2.03. The number of rotatable bonds is 4. The SMILES string of the molecule is O=c1c2cc(-c3ccc(F)cc3)nn2ccn1Cc1cn(-c2ccccc2F)nn1. The zero-order chi connectivity index (χ0) is 20.7. The largest absolute Gasteiger partial charge is 0.306 e. The summed E-state index contributed by atoms with van der Waals surface area (Å²) in [7, 11) is 0. The van der Waals surface area contributed by atoms with Crippen LogP contribution in [0.3, 0.4) is 0 Å². The summed E-state index contributed by atoms with van der Waals surface area (Å²) in [4.78, 5) is 12.9. The Balaban J connectivity index is 1.47. The molecule has 5 aromatic rings. The predicted octanol–water partition coefficient (Wildman–Crippen LogP) is 3.07. The summed E-state index contributed by atoms with van der Waals surface area (Å²) in [5.41, 5.74) is 2.16. The molecule has 148 valence electrons. The molecule has 0 aliphatic carbocycles. The smallest absolute Gasteiger partial charge is 0.276 e. The molecule has 3 heterocycles. The van der Waals surface area contributed by atoms with Crippen molar-refractivity contribution in [3.63, 3.8) is 0 Å². The second kappa shape index (κ2) is 7.03. The Kier molecular flexibility index (Phi) is 4.20. The number of hydrogen-bond acceptors (Lipinski definition) is 4. The van der Waals surface area contributed by atoms with Gasteiger partial charge in [-0.25, -0.2) is 18.0 Å². The molecule has 9 heteroatoms. The van der Waals surface area contributed by atoms with Gasteiger partial charge in [-0.15, -0.1) is 5.10 Å². The van der Waals surface area contributed by atoms with Gasteiger partial charge in [0.2, 0.25) is 0 Å². The van der Waals surface area contributed by atoms with Crippen LogP contribution in [-0.2, 0) is 6.54 Å². The van der Waals surface area contributed by atoms with Crippen LogP contribution in [0.25, 0.3) is 22.5 Å². The monoisotopic (exact) mass is 404 g/mol. The van der Waals surface area contributed by atoms with Crippen LogP contribution in [0.1, 0.15) is 5.69 Å². The van der Waals surface area contributed by atoms with Gasteiger partial charge in [-0.3, -0.25) is 4.79 Å². The maximum absolute atomic E-state index is 13.9. The molecule has 0 saturated heterocycles. The summed E-state index contributed by atoms with van der Waals surface area (Å²) in [6.07, 6.45) is 4.83. The molecule has 5 rings (SSSR count). The quantitative estimate of drug-likeness (QED) is 0.462. The number of halogens is 2. The Bertz CT molecular complexity index is 1420. The van der Waals surface area contributed by atoms with Crippen molar-refractivity contribution in [2.24, 2.45) is 0 Å². The first-order chi connectivity index (χ1) is 14.6. The average molecular weight is 404 g/mol. The van der Waals surface area contributed by atoms with Gasteiger partial charge in [0.05, 0.1) is 18.4 Å². The molecule has 0 spiro atoms. The number of aromatic nitrogens is 6. The lowest BCUT2D eigenvalue weighted by Crippen LogP contribution is -2.21. The standard InChI is InChI=1S/C21H14F2N6O/c22-15-7-5-14(6-8-15)18-11-20-21(30)27(9-10-28(20)25-18)12-16-13-29(26-24-16)19-4-2-1-3-17(19)23/h1-11,13H,12H2. The molecule has 2 aromatic carbocycles. The van der Waals surface area contributed by atoms with Gasteiger partial charge in [0.1, 0.15) is 28.5 Å². The van der Waals surface area contributed by atoms with Gasteiger partial charge in [-0.05, 0) is 42.5 Å². The minimum Gasteiger partial charge on any atom is -0.306 e. The maximum Gasteiger partial charge on any atom is 0.276 e. The van der Waals surface area contributed by atoms with E-state index in [2.05, 4.69) is 15.4 Å². The first kappa shape index (κ1) is 17.9. The van der Waals surface area contributed by atoms with Crippen molar-refractivity contribution in [1.29, 1.82) is 0 Å². The zero-order valence-corrected chi connectivity index (χ0v) is 15.5. The molecule has 0 atom stereocenters. The maximum atomic E-state index is 13.9. The fraction of sp³-hybridized carbons (Fsp3) is 0.0476. The van der Waals surface area contributed by atoms with Gasteiger partial charge in [0.25, 0.3) is 5.56 Å².